The van der Waals surface area contributed by atoms with Gasteiger partial charge < -0.3 is 20.9 Å². The molecule has 1 aromatic carbocycles. The molecule has 1 saturated heterocycles. The molecule has 7 nitrogen and oxygen atoms in total. The number of nitrogens with zero attached hydrogens (tertiary/aromatic N) is 2. The van der Waals surface area contributed by atoms with Crippen molar-refractivity contribution in [1.29, 1.82) is 0 Å². The van der Waals surface area contributed by atoms with Crippen LogP contribution in [-0.4, -0.2) is 61.9 Å². The molecule has 1 aliphatic heterocycles. The van der Waals surface area contributed by atoms with E-state index in [0.29, 0.717) is 43.1 Å². The third kappa shape index (κ3) is 8.00. The summed E-state index contributed by atoms with van der Waals surface area (Å²) in [6, 6.07) is 4.46. The number of likely N-dealkylation sites (tertiary alicyclic amines) is 1. The lowest BCUT2D eigenvalue weighted by molar-refractivity contribution is -0.130. The maximum atomic E-state index is 13.6. The molecule has 30 heavy (non-hydrogen) atoms. The minimum Gasteiger partial charge on any atom is -0.357 e. The highest BCUT2D eigenvalue weighted by Gasteiger charge is 2.15. The average molecular weight is 420 g/mol. The molecule has 1 heterocycles. The van der Waals surface area contributed by atoms with E-state index in [2.05, 4.69) is 20.9 Å². The fraction of sp³-hybridized carbons (Fsp3) is 0.591. The predicted octanol–water partition coefficient (Wildman–Crippen LogP) is 2.21. The van der Waals surface area contributed by atoms with Crippen molar-refractivity contribution < 1.29 is 14.0 Å². The molecule has 8 heteroatoms. The van der Waals surface area contributed by atoms with E-state index in [9.17, 15) is 14.0 Å². The van der Waals surface area contributed by atoms with E-state index >= 15 is 0 Å². The van der Waals surface area contributed by atoms with E-state index < -0.39 is 0 Å². The van der Waals surface area contributed by atoms with Crippen molar-refractivity contribution in [2.45, 2.75) is 46.0 Å². The van der Waals surface area contributed by atoms with Gasteiger partial charge >= 0.3 is 0 Å². The van der Waals surface area contributed by atoms with Crippen LogP contribution in [0.15, 0.2) is 23.2 Å². The molecule has 1 aromatic rings. The molecule has 2 amide bonds. The Morgan fingerprint density at radius 3 is 2.73 bits per heavy atom. The first-order chi connectivity index (χ1) is 14.5. The maximum Gasteiger partial charge on any atom is 0.251 e. The topological polar surface area (TPSA) is 85.8 Å². The zero-order chi connectivity index (χ0) is 21.8. The van der Waals surface area contributed by atoms with Crippen molar-refractivity contribution in [1.82, 2.24) is 20.9 Å². The highest BCUT2D eigenvalue weighted by Crippen LogP contribution is 2.11. The number of hydrogen-bond acceptors (Lipinski definition) is 3. The van der Waals surface area contributed by atoms with Crippen molar-refractivity contribution >= 4 is 17.8 Å². The van der Waals surface area contributed by atoms with Crippen LogP contribution in [-0.2, 0) is 4.79 Å². The third-order valence-corrected chi connectivity index (χ3v) is 5.01. The smallest absolute Gasteiger partial charge is 0.251 e. The van der Waals surface area contributed by atoms with Crippen molar-refractivity contribution in [3.63, 3.8) is 0 Å². The zero-order valence-electron chi connectivity index (χ0n) is 18.1. The minimum absolute atomic E-state index is 0.255. The number of halogens is 1. The Balaban J connectivity index is 1.70. The van der Waals surface area contributed by atoms with Crippen LogP contribution in [0.2, 0.25) is 0 Å². The fourth-order valence-electron chi connectivity index (χ4n) is 3.26. The summed E-state index contributed by atoms with van der Waals surface area (Å²) in [6.45, 7) is 7.47. The van der Waals surface area contributed by atoms with Gasteiger partial charge in [-0.15, -0.1) is 0 Å². The van der Waals surface area contributed by atoms with E-state index in [1.807, 2.05) is 11.8 Å². The van der Waals surface area contributed by atoms with Gasteiger partial charge in [-0.2, -0.15) is 0 Å². The number of carbonyl (C=O) groups is 2. The summed E-state index contributed by atoms with van der Waals surface area (Å²) < 4.78 is 13.6. The van der Waals surface area contributed by atoms with E-state index in [1.165, 1.54) is 6.07 Å². The molecule has 0 atom stereocenters. The zero-order valence-corrected chi connectivity index (χ0v) is 18.1. The number of aryl methyl sites for hydroxylation is 1. The Kier molecular flexibility index (Phi) is 10.1. The monoisotopic (exact) mass is 419 g/mol. The molecule has 1 fully saturated rings. The second-order valence-electron chi connectivity index (χ2n) is 7.45. The summed E-state index contributed by atoms with van der Waals surface area (Å²) >= 11 is 0. The molecule has 166 valence electrons. The second-order valence-corrected chi connectivity index (χ2v) is 7.45. The maximum absolute atomic E-state index is 13.6. The first-order valence-electron chi connectivity index (χ1n) is 10.9. The van der Waals surface area contributed by atoms with Crippen LogP contribution >= 0.6 is 0 Å². The molecule has 0 radical (unpaired) electrons. The summed E-state index contributed by atoms with van der Waals surface area (Å²) in [5.41, 5.74) is 0.821. The molecule has 0 aromatic heterocycles. The molecular formula is C22H34FN5O2. The standard InChI is InChI=1S/C22H34FN5O2/c1-3-24-22(26-11-7-15-28-14-6-4-5-8-20(28)29)27-13-12-25-21(30)18-10-9-17(2)19(23)16-18/h9-10,16H,3-8,11-15H2,1-2H3,(H,25,30)(H2,24,26,27). The quantitative estimate of drug-likeness (QED) is 0.325. The molecule has 0 bridgehead atoms. The largest absolute Gasteiger partial charge is 0.357 e. The molecule has 0 spiro atoms. The van der Waals surface area contributed by atoms with E-state index in [4.69, 9.17) is 0 Å². The lowest BCUT2D eigenvalue weighted by Crippen LogP contribution is -2.41. The van der Waals surface area contributed by atoms with Crippen LogP contribution in [0.3, 0.4) is 0 Å². The summed E-state index contributed by atoms with van der Waals surface area (Å²) in [5, 5.41) is 9.11. The van der Waals surface area contributed by atoms with Crippen LogP contribution < -0.4 is 16.0 Å². The van der Waals surface area contributed by atoms with Gasteiger partial charge in [-0.25, -0.2) is 4.39 Å². The fourth-order valence-corrected chi connectivity index (χ4v) is 3.26. The molecule has 0 aliphatic carbocycles. The summed E-state index contributed by atoms with van der Waals surface area (Å²) in [7, 11) is 0. The SMILES string of the molecule is CCNC(=NCCCN1CCCCCC1=O)NCCNC(=O)c1ccc(C)c(F)c1. The highest BCUT2D eigenvalue weighted by atomic mass is 19.1. The molecule has 1 aliphatic rings. The number of aliphatic imine (C=N–C) groups is 1. The normalized spacial score (nSPS) is 15.0. The number of nitrogens with one attached hydrogen (secondary N) is 3. The van der Waals surface area contributed by atoms with Gasteiger partial charge in [0.25, 0.3) is 5.91 Å². The van der Waals surface area contributed by atoms with Gasteiger partial charge in [-0.3, -0.25) is 14.6 Å². The van der Waals surface area contributed by atoms with Gasteiger partial charge in [0.05, 0.1) is 0 Å². The minimum atomic E-state index is -0.385. The summed E-state index contributed by atoms with van der Waals surface area (Å²) in [4.78, 5) is 30.6. The molecule has 3 N–H and O–H groups in total. The van der Waals surface area contributed by atoms with Gasteiger partial charge in [0, 0.05) is 51.3 Å². The molecule has 0 unspecified atom stereocenters. The lowest BCUT2D eigenvalue weighted by Gasteiger charge is -2.20. The van der Waals surface area contributed by atoms with Crippen molar-refractivity contribution in [2.24, 2.45) is 4.99 Å². The Morgan fingerprint density at radius 1 is 1.17 bits per heavy atom. The summed E-state index contributed by atoms with van der Waals surface area (Å²) in [5.74, 6) is 0.241. The summed E-state index contributed by atoms with van der Waals surface area (Å²) in [6.07, 6.45) is 4.69. The van der Waals surface area contributed by atoms with Crippen LogP contribution in [0.25, 0.3) is 0 Å². The van der Waals surface area contributed by atoms with E-state index in [1.54, 1.807) is 19.1 Å². The second kappa shape index (κ2) is 12.8. The Bertz CT molecular complexity index is 738. The van der Waals surface area contributed by atoms with Gasteiger partial charge in [0.1, 0.15) is 5.82 Å². The number of benzene rings is 1. The van der Waals surface area contributed by atoms with Crippen molar-refractivity contribution in [3.05, 3.63) is 35.1 Å². The Labute approximate surface area is 178 Å². The predicted molar refractivity (Wildman–Crippen MR) is 117 cm³/mol. The van der Waals surface area contributed by atoms with E-state index in [0.717, 1.165) is 45.3 Å². The third-order valence-electron chi connectivity index (χ3n) is 5.01. The van der Waals surface area contributed by atoms with Gasteiger partial charge in [-0.05, 0) is 50.8 Å². The first-order valence-corrected chi connectivity index (χ1v) is 10.9. The first kappa shape index (κ1) is 23.6. The Morgan fingerprint density at radius 2 is 1.97 bits per heavy atom. The lowest BCUT2D eigenvalue weighted by atomic mass is 10.1. The number of carbonyl (C=O) groups excluding carboxylic acids is 2. The highest BCUT2D eigenvalue weighted by molar-refractivity contribution is 5.94. The molecule has 2 rings (SSSR count). The molecular weight excluding hydrogens is 385 g/mol. The van der Waals surface area contributed by atoms with Crippen LogP contribution in [0.5, 0.6) is 0 Å². The van der Waals surface area contributed by atoms with Crippen LogP contribution in [0.4, 0.5) is 4.39 Å². The van der Waals surface area contributed by atoms with Crippen molar-refractivity contribution in [2.75, 3.05) is 39.3 Å². The molecule has 0 saturated carbocycles. The van der Waals surface area contributed by atoms with Gasteiger partial charge in [0.15, 0.2) is 5.96 Å². The van der Waals surface area contributed by atoms with Crippen LogP contribution in [0, 0.1) is 12.7 Å². The number of guanidine groups is 1. The number of amides is 2. The van der Waals surface area contributed by atoms with Gasteiger partial charge in [0.2, 0.25) is 5.91 Å². The number of hydrogen-bond donors (Lipinski definition) is 3. The van der Waals surface area contributed by atoms with Gasteiger partial charge in [-0.1, -0.05) is 12.5 Å². The van der Waals surface area contributed by atoms with E-state index in [-0.39, 0.29) is 17.6 Å². The Hall–Kier alpha value is -2.64. The number of rotatable bonds is 9. The van der Waals surface area contributed by atoms with Crippen LogP contribution in [0.1, 0.15) is 54.9 Å². The van der Waals surface area contributed by atoms with Crippen molar-refractivity contribution in [3.8, 4) is 0 Å². The average Bonchev–Trinajstić information content (AvgIpc) is 2.94.